The molecule has 0 N–H and O–H groups in total. The van der Waals surface area contributed by atoms with Crippen molar-refractivity contribution in [2.75, 3.05) is 0 Å². The van der Waals surface area contributed by atoms with Gasteiger partial charge in [0, 0.05) is 18.8 Å². The topological polar surface area (TPSA) is 34.9 Å². The molecule has 0 aromatic carbocycles. The minimum absolute atomic E-state index is 0.0215. The van der Waals surface area contributed by atoms with E-state index in [0.29, 0.717) is 6.54 Å². The second-order valence-corrected chi connectivity index (χ2v) is 4.40. The molecule has 72 valence electrons. The number of hydrogen-bond donors (Lipinski definition) is 0. The van der Waals surface area contributed by atoms with E-state index < -0.39 is 0 Å². The van der Waals surface area contributed by atoms with Gasteiger partial charge in [0.1, 0.15) is 0 Å². The summed E-state index contributed by atoms with van der Waals surface area (Å²) in [6, 6.07) is 3.20. The summed E-state index contributed by atoms with van der Waals surface area (Å²) >= 11 is 0. The van der Waals surface area contributed by atoms with Gasteiger partial charge in [0.2, 0.25) is 0 Å². The van der Waals surface area contributed by atoms with Crippen molar-refractivity contribution in [3.63, 3.8) is 0 Å². The van der Waals surface area contributed by atoms with E-state index in [1.54, 1.807) is 12.3 Å². The Bertz CT molecular complexity index is 322. The lowest BCUT2D eigenvalue weighted by molar-refractivity contribution is 0.336. The Morgan fingerprint density at radius 2 is 2.15 bits per heavy atom. The summed E-state index contributed by atoms with van der Waals surface area (Å²) in [4.78, 5) is 11.2. The molecular weight excluding hydrogens is 164 g/mol. The molecule has 0 fully saturated rings. The molecule has 0 aliphatic carbocycles. The quantitative estimate of drug-likeness (QED) is 0.694. The van der Waals surface area contributed by atoms with Crippen molar-refractivity contribution >= 4 is 0 Å². The number of aryl methyl sites for hydroxylation is 1. The molecule has 0 saturated heterocycles. The first kappa shape index (κ1) is 9.96. The maximum atomic E-state index is 11.2. The van der Waals surface area contributed by atoms with Crippen molar-refractivity contribution in [3.8, 4) is 0 Å². The van der Waals surface area contributed by atoms with Crippen molar-refractivity contribution in [1.29, 1.82) is 0 Å². The third-order valence-corrected chi connectivity index (χ3v) is 1.86. The Kier molecular flexibility index (Phi) is 2.86. The zero-order valence-corrected chi connectivity index (χ0v) is 8.45. The van der Waals surface area contributed by atoms with Crippen molar-refractivity contribution < 1.29 is 0 Å². The van der Waals surface area contributed by atoms with Gasteiger partial charge in [-0.15, -0.1) is 0 Å². The summed E-state index contributed by atoms with van der Waals surface area (Å²) in [5.41, 5.74) is 0.225. The van der Waals surface area contributed by atoms with E-state index >= 15 is 0 Å². The van der Waals surface area contributed by atoms with Gasteiger partial charge >= 0.3 is 0 Å². The highest BCUT2D eigenvalue weighted by molar-refractivity contribution is 4.84. The van der Waals surface area contributed by atoms with Gasteiger partial charge in [-0.3, -0.25) is 4.79 Å². The van der Waals surface area contributed by atoms with Gasteiger partial charge in [0.25, 0.3) is 5.56 Å². The molecular formula is C10H16N2O. The second-order valence-electron chi connectivity index (χ2n) is 4.40. The van der Waals surface area contributed by atoms with Crippen LogP contribution >= 0.6 is 0 Å². The summed E-state index contributed by atoms with van der Waals surface area (Å²) in [7, 11) is 0. The molecule has 0 saturated carbocycles. The van der Waals surface area contributed by atoms with E-state index in [2.05, 4.69) is 25.9 Å². The Balaban J connectivity index is 2.66. The van der Waals surface area contributed by atoms with Crippen LogP contribution in [0.25, 0.3) is 0 Å². The monoisotopic (exact) mass is 180 g/mol. The first-order valence-corrected chi connectivity index (χ1v) is 4.51. The third-order valence-electron chi connectivity index (χ3n) is 1.86. The summed E-state index contributed by atoms with van der Waals surface area (Å²) < 4.78 is 1.51. The molecule has 1 heterocycles. The van der Waals surface area contributed by atoms with Gasteiger partial charge in [0.05, 0.1) is 0 Å². The Hall–Kier alpha value is -1.12. The maximum Gasteiger partial charge on any atom is 0.266 e. The molecule has 13 heavy (non-hydrogen) atoms. The lowest BCUT2D eigenvalue weighted by atomic mass is 9.92. The van der Waals surface area contributed by atoms with Crippen LogP contribution in [0.2, 0.25) is 0 Å². The van der Waals surface area contributed by atoms with Crippen LogP contribution in [0.3, 0.4) is 0 Å². The molecule has 0 radical (unpaired) electrons. The van der Waals surface area contributed by atoms with Crippen molar-refractivity contribution in [2.45, 2.75) is 33.7 Å². The fourth-order valence-corrected chi connectivity index (χ4v) is 0.996. The SMILES string of the molecule is CC(C)(C)CCn1ncccc1=O. The molecule has 0 aliphatic rings. The lowest BCUT2D eigenvalue weighted by Gasteiger charge is -2.17. The van der Waals surface area contributed by atoms with Crippen LogP contribution in [0, 0.1) is 5.41 Å². The summed E-state index contributed by atoms with van der Waals surface area (Å²) in [6.45, 7) is 7.16. The molecule has 0 amide bonds. The molecule has 3 nitrogen and oxygen atoms in total. The molecule has 3 heteroatoms. The van der Waals surface area contributed by atoms with E-state index in [-0.39, 0.29) is 11.0 Å². The van der Waals surface area contributed by atoms with E-state index in [9.17, 15) is 4.79 Å². The van der Waals surface area contributed by atoms with E-state index in [4.69, 9.17) is 0 Å². The molecule has 0 aliphatic heterocycles. The number of nitrogens with zero attached hydrogens (tertiary/aromatic N) is 2. The largest absolute Gasteiger partial charge is 0.268 e. The minimum atomic E-state index is -0.0215. The average molecular weight is 180 g/mol. The number of hydrogen-bond acceptors (Lipinski definition) is 2. The maximum absolute atomic E-state index is 11.2. The minimum Gasteiger partial charge on any atom is -0.268 e. The predicted octanol–water partition coefficient (Wildman–Crippen LogP) is 1.68. The van der Waals surface area contributed by atoms with Crippen LogP contribution in [0.1, 0.15) is 27.2 Å². The Morgan fingerprint density at radius 3 is 2.69 bits per heavy atom. The van der Waals surface area contributed by atoms with Gasteiger partial charge in [-0.1, -0.05) is 20.8 Å². The van der Waals surface area contributed by atoms with E-state index in [1.165, 1.54) is 10.7 Å². The van der Waals surface area contributed by atoms with Crippen LogP contribution in [0.15, 0.2) is 23.1 Å². The number of aromatic nitrogens is 2. The standard InChI is InChI=1S/C10H16N2O/c1-10(2,3)6-8-12-9(13)5-4-7-11-12/h4-5,7H,6,8H2,1-3H3. The highest BCUT2D eigenvalue weighted by Gasteiger charge is 2.10. The molecule has 0 spiro atoms. The van der Waals surface area contributed by atoms with E-state index in [1.807, 2.05) is 0 Å². The van der Waals surface area contributed by atoms with Crippen LogP contribution in [-0.4, -0.2) is 9.78 Å². The summed E-state index contributed by atoms with van der Waals surface area (Å²) in [5, 5.41) is 3.99. The molecule has 1 aromatic rings. The summed E-state index contributed by atoms with van der Waals surface area (Å²) in [6.07, 6.45) is 2.61. The molecule has 1 aromatic heterocycles. The Morgan fingerprint density at radius 1 is 1.46 bits per heavy atom. The summed E-state index contributed by atoms with van der Waals surface area (Å²) in [5.74, 6) is 0. The molecule has 0 atom stereocenters. The van der Waals surface area contributed by atoms with Crippen LogP contribution < -0.4 is 5.56 Å². The molecule has 0 unspecified atom stereocenters. The van der Waals surface area contributed by atoms with Gasteiger partial charge < -0.3 is 0 Å². The van der Waals surface area contributed by atoms with Crippen LogP contribution in [0.4, 0.5) is 0 Å². The zero-order valence-electron chi connectivity index (χ0n) is 8.45. The van der Waals surface area contributed by atoms with Gasteiger partial charge in [-0.05, 0) is 17.9 Å². The first-order chi connectivity index (χ1) is 5.99. The van der Waals surface area contributed by atoms with E-state index in [0.717, 1.165) is 6.42 Å². The highest BCUT2D eigenvalue weighted by Crippen LogP contribution is 2.18. The normalized spacial score (nSPS) is 11.6. The fourth-order valence-electron chi connectivity index (χ4n) is 0.996. The van der Waals surface area contributed by atoms with Crippen molar-refractivity contribution in [1.82, 2.24) is 9.78 Å². The smallest absolute Gasteiger partial charge is 0.266 e. The van der Waals surface area contributed by atoms with Crippen LogP contribution in [-0.2, 0) is 6.54 Å². The molecule has 0 bridgehead atoms. The zero-order chi connectivity index (χ0) is 9.90. The predicted molar refractivity (Wildman–Crippen MR) is 52.6 cm³/mol. The first-order valence-electron chi connectivity index (χ1n) is 4.51. The van der Waals surface area contributed by atoms with Crippen molar-refractivity contribution in [2.24, 2.45) is 5.41 Å². The van der Waals surface area contributed by atoms with Gasteiger partial charge in [-0.2, -0.15) is 5.10 Å². The number of rotatable bonds is 2. The third kappa shape index (κ3) is 3.40. The second kappa shape index (κ2) is 3.73. The van der Waals surface area contributed by atoms with Gasteiger partial charge in [-0.25, -0.2) is 4.68 Å². The average Bonchev–Trinajstić information content (AvgIpc) is 2.01. The fraction of sp³-hybridized carbons (Fsp3) is 0.600. The lowest BCUT2D eigenvalue weighted by Crippen LogP contribution is -2.23. The molecule has 1 rings (SSSR count). The van der Waals surface area contributed by atoms with Crippen LogP contribution in [0.5, 0.6) is 0 Å². The van der Waals surface area contributed by atoms with Gasteiger partial charge in [0.15, 0.2) is 0 Å². The Labute approximate surface area is 78.4 Å². The highest BCUT2D eigenvalue weighted by atomic mass is 16.1. The van der Waals surface area contributed by atoms with Crippen molar-refractivity contribution in [3.05, 3.63) is 28.7 Å².